The Hall–Kier alpha value is -3.17. The molecule has 1 atom stereocenters. The molecule has 1 aliphatic rings. The van der Waals surface area contributed by atoms with E-state index in [4.69, 9.17) is 9.90 Å². The van der Waals surface area contributed by atoms with Crippen molar-refractivity contribution in [2.75, 3.05) is 13.1 Å². The fourth-order valence-corrected chi connectivity index (χ4v) is 4.34. The first-order valence-corrected chi connectivity index (χ1v) is 10.9. The summed E-state index contributed by atoms with van der Waals surface area (Å²) in [7, 11) is 0. The number of amides is 1. The molecule has 1 aliphatic heterocycles. The lowest BCUT2D eigenvalue weighted by Crippen LogP contribution is -2.24. The second-order valence-corrected chi connectivity index (χ2v) is 8.27. The summed E-state index contributed by atoms with van der Waals surface area (Å²) in [4.78, 5) is 37.2. The third-order valence-corrected chi connectivity index (χ3v) is 5.82. The highest BCUT2D eigenvalue weighted by atomic mass is 32.1. The molecule has 31 heavy (non-hydrogen) atoms. The molecule has 1 saturated heterocycles. The van der Waals surface area contributed by atoms with Crippen LogP contribution in [0.5, 0.6) is 0 Å². The first-order chi connectivity index (χ1) is 15.2. The highest BCUT2D eigenvalue weighted by Crippen LogP contribution is 2.23. The summed E-state index contributed by atoms with van der Waals surface area (Å²) in [6.45, 7) is 3.38. The van der Waals surface area contributed by atoms with Crippen LogP contribution in [0.1, 0.15) is 32.9 Å². The predicted molar refractivity (Wildman–Crippen MR) is 118 cm³/mol. The van der Waals surface area contributed by atoms with E-state index in [0.717, 1.165) is 37.3 Å². The van der Waals surface area contributed by atoms with Gasteiger partial charge in [0.25, 0.3) is 12.4 Å². The number of thiophene rings is 1. The van der Waals surface area contributed by atoms with Gasteiger partial charge in [-0.1, -0.05) is 6.07 Å². The Morgan fingerprint density at radius 3 is 2.90 bits per heavy atom. The van der Waals surface area contributed by atoms with Crippen molar-refractivity contribution in [3.63, 3.8) is 0 Å². The van der Waals surface area contributed by atoms with Crippen LogP contribution in [0.4, 0.5) is 0 Å². The Labute approximate surface area is 185 Å². The predicted octanol–water partition coefficient (Wildman–Crippen LogP) is 2.63. The van der Waals surface area contributed by atoms with E-state index < -0.39 is 0 Å². The van der Waals surface area contributed by atoms with E-state index in [2.05, 4.69) is 42.7 Å². The van der Waals surface area contributed by atoms with E-state index in [9.17, 15) is 4.79 Å². The summed E-state index contributed by atoms with van der Waals surface area (Å²) in [6, 6.07) is 6.27. The van der Waals surface area contributed by atoms with Crippen molar-refractivity contribution >= 4 is 23.7 Å². The zero-order valence-electron chi connectivity index (χ0n) is 17.1. The van der Waals surface area contributed by atoms with Crippen molar-refractivity contribution in [2.24, 2.45) is 5.92 Å². The molecule has 0 aliphatic carbocycles. The number of pyridine rings is 1. The maximum Gasteiger partial charge on any atom is 0.290 e. The smallest absolute Gasteiger partial charge is 0.290 e. The quantitative estimate of drug-likeness (QED) is 0.545. The molecule has 3 aromatic rings. The number of carbonyl (C=O) groups excluding carboxylic acids is 1. The van der Waals surface area contributed by atoms with Gasteiger partial charge in [0.05, 0.1) is 24.0 Å². The summed E-state index contributed by atoms with van der Waals surface area (Å²) in [5.41, 5.74) is 2.45. The lowest BCUT2D eigenvalue weighted by molar-refractivity contribution is -0.122. The number of hydrogen-bond acceptors (Lipinski definition) is 7. The van der Waals surface area contributed by atoms with E-state index in [1.54, 1.807) is 24.8 Å². The van der Waals surface area contributed by atoms with E-state index in [0.29, 0.717) is 18.0 Å². The Morgan fingerprint density at radius 1 is 1.29 bits per heavy atom. The van der Waals surface area contributed by atoms with Crippen LogP contribution in [0, 0.1) is 5.92 Å². The Balaban J connectivity index is 0.000000858. The molecule has 0 spiro atoms. The maximum absolute atomic E-state index is 12.4. The molecule has 8 nitrogen and oxygen atoms in total. The minimum absolute atomic E-state index is 0.134. The van der Waals surface area contributed by atoms with Crippen LogP contribution in [0.3, 0.4) is 0 Å². The molecule has 0 saturated carbocycles. The van der Waals surface area contributed by atoms with Gasteiger partial charge in [-0.05, 0) is 48.4 Å². The lowest BCUT2D eigenvalue weighted by Gasteiger charge is -2.15. The van der Waals surface area contributed by atoms with Crippen LogP contribution in [0.25, 0.3) is 0 Å². The molecule has 162 valence electrons. The number of carbonyl (C=O) groups is 2. The fourth-order valence-electron chi connectivity index (χ4n) is 3.60. The van der Waals surface area contributed by atoms with Crippen LogP contribution in [-0.2, 0) is 24.3 Å². The summed E-state index contributed by atoms with van der Waals surface area (Å²) >= 11 is 1.82. The Bertz CT molecular complexity index is 953. The molecule has 4 rings (SSSR count). The highest BCUT2D eigenvalue weighted by Gasteiger charge is 2.23. The van der Waals surface area contributed by atoms with Crippen molar-refractivity contribution in [3.05, 3.63) is 76.3 Å². The van der Waals surface area contributed by atoms with Gasteiger partial charge in [-0.3, -0.25) is 29.4 Å². The number of likely N-dealkylation sites (tertiary alicyclic amines) is 1. The van der Waals surface area contributed by atoms with Gasteiger partial charge in [0.1, 0.15) is 0 Å². The van der Waals surface area contributed by atoms with E-state index in [-0.39, 0.29) is 12.4 Å². The minimum Gasteiger partial charge on any atom is -0.483 e. The fraction of sp³-hybridized carbons (Fsp3) is 0.318. The number of nitrogens with zero attached hydrogens (tertiary/aromatic N) is 4. The lowest BCUT2D eigenvalue weighted by atomic mass is 9.99. The number of rotatable bonds is 7. The Morgan fingerprint density at radius 2 is 2.16 bits per heavy atom. The molecule has 0 aromatic carbocycles. The van der Waals surface area contributed by atoms with Gasteiger partial charge < -0.3 is 10.4 Å². The van der Waals surface area contributed by atoms with Gasteiger partial charge >= 0.3 is 0 Å². The summed E-state index contributed by atoms with van der Waals surface area (Å²) in [5, 5.41) is 11.9. The third-order valence-electron chi connectivity index (χ3n) is 4.96. The third kappa shape index (κ3) is 7.23. The van der Waals surface area contributed by atoms with Crippen molar-refractivity contribution in [1.29, 1.82) is 0 Å². The second kappa shape index (κ2) is 11.9. The molecule has 1 unspecified atom stereocenters. The van der Waals surface area contributed by atoms with E-state index in [1.165, 1.54) is 11.3 Å². The first kappa shape index (κ1) is 22.5. The first-order valence-electron chi connectivity index (χ1n) is 9.97. The zero-order valence-corrected chi connectivity index (χ0v) is 17.9. The highest BCUT2D eigenvalue weighted by molar-refractivity contribution is 7.09. The van der Waals surface area contributed by atoms with Crippen molar-refractivity contribution < 1.29 is 14.7 Å². The maximum atomic E-state index is 12.4. The normalized spacial score (nSPS) is 15.7. The van der Waals surface area contributed by atoms with Crippen molar-refractivity contribution in [2.45, 2.75) is 25.9 Å². The summed E-state index contributed by atoms with van der Waals surface area (Å²) in [5.74, 6) is 0.477. The van der Waals surface area contributed by atoms with Crippen LogP contribution in [-0.4, -0.2) is 50.4 Å². The van der Waals surface area contributed by atoms with Gasteiger partial charge in [0, 0.05) is 42.8 Å². The molecule has 9 heteroatoms. The molecule has 1 amide bonds. The molecule has 3 aromatic heterocycles. The minimum atomic E-state index is -0.250. The monoisotopic (exact) mass is 439 g/mol. The molecule has 1 fully saturated rings. The van der Waals surface area contributed by atoms with Crippen LogP contribution in [0.15, 0.2) is 54.6 Å². The summed E-state index contributed by atoms with van der Waals surface area (Å²) in [6.07, 6.45) is 10.5. The number of carboxylic acid groups (broad SMARTS) is 1. The zero-order chi connectivity index (χ0) is 21.9. The number of hydrogen-bond donors (Lipinski definition) is 2. The van der Waals surface area contributed by atoms with Crippen LogP contribution in [0.2, 0.25) is 0 Å². The summed E-state index contributed by atoms with van der Waals surface area (Å²) < 4.78 is 0. The molecule has 0 radical (unpaired) electrons. The van der Waals surface area contributed by atoms with Crippen molar-refractivity contribution in [1.82, 2.24) is 25.2 Å². The Kier molecular flexibility index (Phi) is 8.62. The molecule has 2 N–H and O–H groups in total. The average molecular weight is 440 g/mol. The van der Waals surface area contributed by atoms with E-state index in [1.807, 2.05) is 23.6 Å². The van der Waals surface area contributed by atoms with Gasteiger partial charge in [-0.2, -0.15) is 0 Å². The largest absolute Gasteiger partial charge is 0.483 e. The molecular weight excluding hydrogens is 414 g/mol. The SMILES string of the molecule is O=C(NCc1cnccn1)c1cncc(CC2CCN(Cc3cccs3)C2)c1.O=CO. The van der Waals surface area contributed by atoms with Gasteiger partial charge in [0.2, 0.25) is 0 Å². The number of nitrogens with one attached hydrogen (secondary N) is 1. The second-order valence-electron chi connectivity index (χ2n) is 7.24. The van der Waals surface area contributed by atoms with Crippen molar-refractivity contribution in [3.8, 4) is 0 Å². The van der Waals surface area contributed by atoms with Gasteiger partial charge in [-0.15, -0.1) is 11.3 Å². The topological polar surface area (TPSA) is 108 Å². The van der Waals surface area contributed by atoms with Gasteiger partial charge in [-0.25, -0.2) is 0 Å². The number of aromatic nitrogens is 3. The van der Waals surface area contributed by atoms with Crippen LogP contribution < -0.4 is 5.32 Å². The van der Waals surface area contributed by atoms with Crippen LogP contribution >= 0.6 is 11.3 Å². The molecule has 4 heterocycles. The molecular formula is C22H25N5O3S. The van der Waals surface area contributed by atoms with Gasteiger partial charge in [0.15, 0.2) is 0 Å². The van der Waals surface area contributed by atoms with E-state index >= 15 is 0 Å². The molecule has 0 bridgehead atoms. The average Bonchev–Trinajstić information content (AvgIpc) is 3.46. The standard InChI is InChI=1S/C21H23N5OS.CH2O2/c27-21(25-13-19-12-22-4-5-24-19)18-9-17(10-23-11-18)8-16-3-6-26(14-16)15-20-2-1-7-28-20;2-1-3/h1-2,4-5,7,9-12,16H,3,6,8,13-15H2,(H,25,27);1H,(H,2,3).